The molecule has 4 rings (SSSR count). The summed E-state index contributed by atoms with van der Waals surface area (Å²) in [7, 11) is 1.67. The van der Waals surface area contributed by atoms with Gasteiger partial charge in [0.05, 0.1) is 0 Å². The van der Waals surface area contributed by atoms with Crippen molar-refractivity contribution in [2.24, 2.45) is 5.41 Å². The Bertz CT molecular complexity index is 1450. The molecular formula is C31H35N3O9. The normalized spacial score (nSPS) is 19.8. The third-order valence-corrected chi connectivity index (χ3v) is 7.74. The number of nitrogens with one attached hydrogen (secondary N) is 1. The van der Waals surface area contributed by atoms with Crippen LogP contribution >= 0.6 is 0 Å². The summed E-state index contributed by atoms with van der Waals surface area (Å²) in [5, 5.41) is 32.1. The van der Waals surface area contributed by atoms with Gasteiger partial charge in [0.15, 0.2) is 0 Å². The molecule has 3 atom stereocenters. The number of aliphatic hydroxyl groups is 1. The second-order valence-electron chi connectivity index (χ2n) is 11.7. The van der Waals surface area contributed by atoms with Crippen LogP contribution in [0, 0.1) is 5.41 Å². The summed E-state index contributed by atoms with van der Waals surface area (Å²) in [6.07, 6.45) is 1.72. The summed E-state index contributed by atoms with van der Waals surface area (Å²) in [6, 6.07) is 11.6. The van der Waals surface area contributed by atoms with E-state index in [0.29, 0.717) is 30.6 Å². The summed E-state index contributed by atoms with van der Waals surface area (Å²) < 4.78 is 5.12. The molecule has 2 aliphatic rings. The van der Waals surface area contributed by atoms with Crippen molar-refractivity contribution in [2.75, 3.05) is 18.5 Å². The van der Waals surface area contributed by atoms with E-state index in [2.05, 4.69) is 5.32 Å². The lowest BCUT2D eigenvalue weighted by molar-refractivity contribution is -0.180. The molecule has 0 spiro atoms. The van der Waals surface area contributed by atoms with Crippen LogP contribution in [0.5, 0.6) is 5.75 Å². The van der Waals surface area contributed by atoms with E-state index in [-0.39, 0.29) is 23.1 Å². The van der Waals surface area contributed by atoms with Gasteiger partial charge in [0.25, 0.3) is 0 Å². The van der Waals surface area contributed by atoms with Crippen molar-refractivity contribution in [2.45, 2.75) is 57.4 Å². The fourth-order valence-corrected chi connectivity index (χ4v) is 5.30. The Morgan fingerprint density at radius 3 is 2.33 bits per heavy atom. The lowest BCUT2D eigenvalue weighted by Crippen LogP contribution is -2.57. The molecule has 0 radical (unpaired) electrons. The Kier molecular flexibility index (Phi) is 8.63. The molecule has 1 saturated heterocycles. The van der Waals surface area contributed by atoms with Gasteiger partial charge in [0.2, 0.25) is 17.7 Å². The maximum atomic E-state index is 13.8. The third kappa shape index (κ3) is 5.96. The highest BCUT2D eigenvalue weighted by Gasteiger charge is 2.61. The topological polar surface area (TPSA) is 174 Å². The van der Waals surface area contributed by atoms with Gasteiger partial charge in [-0.25, -0.2) is 9.59 Å². The van der Waals surface area contributed by atoms with Gasteiger partial charge in [-0.2, -0.15) is 0 Å². The number of likely N-dealkylation sites (N-methyl/N-ethyl adjacent to an activating group) is 1. The number of hydrogen-bond donors (Lipinski definition) is 4. The fraction of sp³-hybridized carbons (Fsp3) is 0.387. The van der Waals surface area contributed by atoms with Crippen LogP contribution in [0.4, 0.5) is 5.69 Å². The van der Waals surface area contributed by atoms with Gasteiger partial charge < -0.3 is 35.2 Å². The summed E-state index contributed by atoms with van der Waals surface area (Å²) in [5.74, 6) is -5.00. The Morgan fingerprint density at radius 2 is 1.72 bits per heavy atom. The molecule has 0 aromatic heterocycles. The van der Waals surface area contributed by atoms with Crippen LogP contribution in [0.1, 0.15) is 50.8 Å². The third-order valence-electron chi connectivity index (χ3n) is 7.74. The van der Waals surface area contributed by atoms with Crippen molar-refractivity contribution < 1.29 is 44.0 Å². The molecule has 0 saturated carbocycles. The lowest BCUT2D eigenvalue weighted by Gasteiger charge is -2.36. The number of nitrogens with zero attached hydrogens (tertiary/aromatic N) is 2. The number of carboxylic acids is 2. The summed E-state index contributed by atoms with van der Waals surface area (Å²) in [5.41, 5.74) is -2.57. The average molecular weight is 594 g/mol. The van der Waals surface area contributed by atoms with Gasteiger partial charge in [-0.1, -0.05) is 45.0 Å². The molecule has 4 N–H and O–H groups in total. The number of carbonyl (C=O) groups excluding carboxylic acids is 3. The number of benzene rings is 2. The van der Waals surface area contributed by atoms with Crippen LogP contribution in [-0.4, -0.2) is 81.2 Å². The summed E-state index contributed by atoms with van der Waals surface area (Å²) in [4.78, 5) is 66.5. The smallest absolute Gasteiger partial charge is 0.363 e. The molecule has 0 aliphatic carbocycles. The van der Waals surface area contributed by atoms with Gasteiger partial charge in [0.1, 0.15) is 23.9 Å². The Morgan fingerprint density at radius 1 is 1.07 bits per heavy atom. The first-order valence-corrected chi connectivity index (χ1v) is 13.8. The van der Waals surface area contributed by atoms with E-state index in [4.69, 9.17) is 4.74 Å². The molecule has 1 unspecified atom stereocenters. The first kappa shape index (κ1) is 31.2. The molecule has 43 heavy (non-hydrogen) atoms. The predicted octanol–water partition coefficient (Wildman–Crippen LogP) is 2.22. The van der Waals surface area contributed by atoms with Crippen molar-refractivity contribution in [3.63, 3.8) is 0 Å². The SMILES string of the molecule is CN(C(=O)[C@@H]1CCCN1C(=O)[C@@H](NC(=O)/C=C/c1ccc2c(c1)C(O)C(C(=O)O)(C(=O)O)O2)C(C)(C)C)c1ccccc1. The van der Waals surface area contributed by atoms with Crippen LogP contribution in [0.3, 0.4) is 0 Å². The number of ether oxygens (including phenoxy) is 1. The number of amides is 3. The first-order valence-electron chi connectivity index (χ1n) is 13.8. The minimum Gasteiger partial charge on any atom is -0.478 e. The predicted molar refractivity (Wildman–Crippen MR) is 155 cm³/mol. The molecule has 2 aromatic carbocycles. The molecule has 3 amide bonds. The monoisotopic (exact) mass is 593 g/mol. The van der Waals surface area contributed by atoms with Gasteiger partial charge in [-0.05, 0) is 54.2 Å². The van der Waals surface area contributed by atoms with Gasteiger partial charge >= 0.3 is 17.5 Å². The maximum absolute atomic E-state index is 13.8. The molecule has 228 valence electrons. The molecule has 12 heteroatoms. The van der Waals surface area contributed by atoms with Crippen LogP contribution in [-0.2, 0) is 24.0 Å². The zero-order valence-electron chi connectivity index (χ0n) is 24.3. The fourth-order valence-electron chi connectivity index (χ4n) is 5.30. The number of likely N-dealkylation sites (tertiary alicyclic amines) is 1. The number of anilines is 1. The quantitative estimate of drug-likeness (QED) is 0.264. The molecular weight excluding hydrogens is 558 g/mol. The highest BCUT2D eigenvalue weighted by atomic mass is 16.6. The molecule has 2 aliphatic heterocycles. The zero-order valence-corrected chi connectivity index (χ0v) is 24.3. The van der Waals surface area contributed by atoms with Gasteiger partial charge in [-0.3, -0.25) is 14.4 Å². The first-order chi connectivity index (χ1) is 20.2. The van der Waals surface area contributed by atoms with E-state index >= 15 is 0 Å². The molecule has 2 aromatic rings. The van der Waals surface area contributed by atoms with Crippen molar-refractivity contribution in [3.05, 3.63) is 65.7 Å². The van der Waals surface area contributed by atoms with E-state index < -0.39 is 47.0 Å². The molecule has 0 bridgehead atoms. The minimum atomic E-state index is -2.88. The molecule has 1 fully saturated rings. The highest BCUT2D eigenvalue weighted by Crippen LogP contribution is 2.44. The van der Waals surface area contributed by atoms with E-state index in [0.717, 1.165) is 0 Å². The zero-order chi connectivity index (χ0) is 31.7. The van der Waals surface area contributed by atoms with E-state index in [1.165, 1.54) is 40.2 Å². The number of fused-ring (bicyclic) bond motifs is 1. The van der Waals surface area contributed by atoms with Crippen molar-refractivity contribution >= 4 is 41.4 Å². The van der Waals surface area contributed by atoms with E-state index in [1.54, 1.807) is 7.05 Å². The number of rotatable bonds is 8. The molecule has 2 heterocycles. The van der Waals surface area contributed by atoms with Crippen molar-refractivity contribution in [1.29, 1.82) is 0 Å². The van der Waals surface area contributed by atoms with Crippen molar-refractivity contribution in [1.82, 2.24) is 10.2 Å². The van der Waals surface area contributed by atoms with Crippen LogP contribution in [0.25, 0.3) is 6.08 Å². The minimum absolute atomic E-state index is 0.0553. The van der Waals surface area contributed by atoms with Crippen LogP contribution < -0.4 is 15.0 Å². The van der Waals surface area contributed by atoms with Crippen LogP contribution in [0.15, 0.2) is 54.6 Å². The van der Waals surface area contributed by atoms with Crippen LogP contribution in [0.2, 0.25) is 0 Å². The standard InChI is InChI=1S/C31H35N3O9/c1-30(2,3)24(27(38)34-16-8-11-21(34)26(37)33(4)19-9-6-5-7-10-19)32-23(35)15-13-18-12-14-22-20(17-18)25(36)31(43-22,28(39)40)29(41)42/h5-7,9-10,12-15,17,21,24-25,36H,8,11,16H2,1-4H3,(H,32,35)(H,39,40)(H,41,42)/b15-13+/t21-,24+,25?/m0/s1. The summed E-state index contributed by atoms with van der Waals surface area (Å²) >= 11 is 0. The average Bonchev–Trinajstić information content (AvgIpc) is 3.57. The number of para-hydroxylation sites is 1. The van der Waals surface area contributed by atoms with Crippen molar-refractivity contribution in [3.8, 4) is 5.75 Å². The van der Waals surface area contributed by atoms with E-state index in [1.807, 2.05) is 51.1 Å². The van der Waals surface area contributed by atoms with Gasteiger partial charge in [0, 0.05) is 30.9 Å². The number of carboxylic acid groups (broad SMARTS) is 2. The number of carbonyl (C=O) groups is 5. The molecule has 12 nitrogen and oxygen atoms in total. The lowest BCUT2D eigenvalue weighted by atomic mass is 9.85. The Balaban J connectivity index is 1.49. The Labute approximate surface area is 248 Å². The second kappa shape index (κ2) is 11.9. The van der Waals surface area contributed by atoms with E-state index in [9.17, 15) is 39.3 Å². The van der Waals surface area contributed by atoms with Gasteiger partial charge in [-0.15, -0.1) is 0 Å². The number of aliphatic carboxylic acids is 2. The largest absolute Gasteiger partial charge is 0.478 e. The number of hydrogen-bond acceptors (Lipinski definition) is 7. The highest BCUT2D eigenvalue weighted by molar-refractivity contribution is 6.04. The Hall–Kier alpha value is -4.71. The maximum Gasteiger partial charge on any atom is 0.363 e. The number of aliphatic hydroxyl groups excluding tert-OH is 1. The second-order valence-corrected chi connectivity index (χ2v) is 11.7. The summed E-state index contributed by atoms with van der Waals surface area (Å²) in [6.45, 7) is 5.80.